The summed E-state index contributed by atoms with van der Waals surface area (Å²) in [5, 5.41) is 2.88. The number of carbonyl (C=O) groups is 1. The molecule has 0 aliphatic carbocycles. The number of amides is 1. The molecule has 0 saturated carbocycles. The fourth-order valence-corrected chi connectivity index (χ4v) is 1.85. The van der Waals surface area contributed by atoms with Crippen molar-refractivity contribution in [3.63, 3.8) is 0 Å². The molecule has 100 valence electrons. The van der Waals surface area contributed by atoms with Crippen molar-refractivity contribution >= 4 is 17.7 Å². The van der Waals surface area contributed by atoms with Crippen LogP contribution in [0.1, 0.15) is 30.6 Å². The lowest BCUT2D eigenvalue weighted by atomic mass is 10.2. The van der Waals surface area contributed by atoms with Gasteiger partial charge in [0.25, 0.3) is 5.91 Å². The van der Waals surface area contributed by atoms with E-state index in [0.717, 1.165) is 11.3 Å². The van der Waals surface area contributed by atoms with Gasteiger partial charge in [0.15, 0.2) is 0 Å². The average molecular weight is 267 g/mol. The van der Waals surface area contributed by atoms with E-state index in [4.69, 9.17) is 4.74 Å². The van der Waals surface area contributed by atoms with E-state index < -0.39 is 0 Å². The highest BCUT2D eigenvalue weighted by Gasteiger charge is 2.04. The lowest BCUT2D eigenvalue weighted by molar-refractivity contribution is 0.0757. The molecular formula is C14H21NO2S. The summed E-state index contributed by atoms with van der Waals surface area (Å²) in [7, 11) is 0. The van der Waals surface area contributed by atoms with Crippen LogP contribution in [0.5, 0.6) is 0 Å². The predicted octanol–water partition coefficient (Wildman–Crippen LogP) is 2.95. The minimum absolute atomic E-state index is 0.0211. The minimum Gasteiger partial charge on any atom is -0.379 e. The van der Waals surface area contributed by atoms with Gasteiger partial charge in [-0.1, -0.05) is 0 Å². The monoisotopic (exact) mass is 267 g/mol. The van der Waals surface area contributed by atoms with Gasteiger partial charge in [-0.25, -0.2) is 0 Å². The number of hydrogen-bond donors (Lipinski definition) is 1. The number of benzene rings is 1. The third-order valence-electron chi connectivity index (χ3n) is 2.41. The fourth-order valence-electron chi connectivity index (χ4n) is 1.44. The molecule has 1 N–H and O–H groups in total. The molecule has 1 amide bonds. The molecule has 18 heavy (non-hydrogen) atoms. The summed E-state index contributed by atoms with van der Waals surface area (Å²) in [4.78, 5) is 12.9. The van der Waals surface area contributed by atoms with E-state index in [0.29, 0.717) is 18.7 Å². The van der Waals surface area contributed by atoms with E-state index in [1.807, 2.05) is 44.4 Å². The minimum atomic E-state index is -0.0211. The Bertz CT molecular complexity index is 363. The Morgan fingerprint density at radius 2 is 2.00 bits per heavy atom. The fraction of sp³-hybridized carbons (Fsp3) is 0.500. The van der Waals surface area contributed by atoms with Crippen LogP contribution in [-0.2, 0) is 4.74 Å². The van der Waals surface area contributed by atoms with Gasteiger partial charge in [-0.2, -0.15) is 0 Å². The van der Waals surface area contributed by atoms with Crippen molar-refractivity contribution in [2.75, 3.05) is 19.4 Å². The Labute approximate surface area is 113 Å². The second-order valence-electron chi connectivity index (χ2n) is 4.26. The molecule has 0 saturated heterocycles. The molecule has 0 aliphatic heterocycles. The summed E-state index contributed by atoms with van der Waals surface area (Å²) in [5.74, 6) is -0.0211. The molecule has 4 heteroatoms. The first kappa shape index (κ1) is 15.1. The summed E-state index contributed by atoms with van der Waals surface area (Å²) in [6.07, 6.45) is 3.11. The number of thioether (sulfide) groups is 1. The highest BCUT2D eigenvalue weighted by Crippen LogP contribution is 2.14. The van der Waals surface area contributed by atoms with Crippen LogP contribution in [0, 0.1) is 0 Å². The predicted molar refractivity (Wildman–Crippen MR) is 76.3 cm³/mol. The second kappa shape index (κ2) is 8.16. The Kier molecular flexibility index (Phi) is 6.83. The van der Waals surface area contributed by atoms with Crippen molar-refractivity contribution in [2.24, 2.45) is 0 Å². The van der Waals surface area contributed by atoms with E-state index in [9.17, 15) is 4.79 Å². The maximum absolute atomic E-state index is 11.8. The molecule has 0 bridgehead atoms. The van der Waals surface area contributed by atoms with Crippen LogP contribution in [0.25, 0.3) is 0 Å². The number of ether oxygens (including phenoxy) is 1. The molecule has 0 spiro atoms. The standard InChI is InChI=1S/C14H21NO2S/c1-11(2)17-10-4-9-15-14(16)12-5-7-13(18-3)8-6-12/h5-8,11H,4,9-10H2,1-3H3,(H,15,16). The summed E-state index contributed by atoms with van der Waals surface area (Å²) in [6, 6.07) is 7.63. The molecule has 1 rings (SSSR count). The highest BCUT2D eigenvalue weighted by molar-refractivity contribution is 7.98. The quantitative estimate of drug-likeness (QED) is 0.610. The van der Waals surface area contributed by atoms with Crippen LogP contribution in [0.3, 0.4) is 0 Å². The molecule has 0 radical (unpaired) electrons. The van der Waals surface area contributed by atoms with E-state index in [1.54, 1.807) is 11.8 Å². The van der Waals surface area contributed by atoms with Crippen molar-refractivity contribution in [2.45, 2.75) is 31.3 Å². The van der Waals surface area contributed by atoms with Crippen LogP contribution in [-0.4, -0.2) is 31.4 Å². The molecular weight excluding hydrogens is 246 g/mol. The zero-order valence-corrected chi connectivity index (χ0v) is 12.0. The molecule has 0 fully saturated rings. The van der Waals surface area contributed by atoms with Gasteiger partial charge in [0, 0.05) is 23.6 Å². The van der Waals surface area contributed by atoms with Gasteiger partial charge >= 0.3 is 0 Å². The molecule has 0 aliphatic rings. The average Bonchev–Trinajstić information content (AvgIpc) is 2.38. The molecule has 3 nitrogen and oxygen atoms in total. The molecule has 1 aromatic carbocycles. The Balaban J connectivity index is 2.27. The number of carbonyl (C=O) groups excluding carboxylic acids is 1. The highest BCUT2D eigenvalue weighted by atomic mass is 32.2. The van der Waals surface area contributed by atoms with Gasteiger partial charge in [-0.3, -0.25) is 4.79 Å². The number of rotatable bonds is 7. The zero-order valence-electron chi connectivity index (χ0n) is 11.2. The lowest BCUT2D eigenvalue weighted by Gasteiger charge is -2.08. The Hall–Kier alpha value is -1.00. The first-order valence-corrected chi connectivity index (χ1v) is 7.40. The van der Waals surface area contributed by atoms with E-state index in [-0.39, 0.29) is 12.0 Å². The summed E-state index contributed by atoms with van der Waals surface area (Å²) < 4.78 is 5.41. The maximum Gasteiger partial charge on any atom is 0.251 e. The zero-order chi connectivity index (χ0) is 13.4. The van der Waals surface area contributed by atoms with Crippen molar-refractivity contribution in [3.8, 4) is 0 Å². The van der Waals surface area contributed by atoms with Gasteiger partial charge in [0.05, 0.1) is 6.10 Å². The lowest BCUT2D eigenvalue weighted by Crippen LogP contribution is -2.25. The van der Waals surface area contributed by atoms with Crippen molar-refractivity contribution in [1.29, 1.82) is 0 Å². The normalized spacial score (nSPS) is 10.7. The van der Waals surface area contributed by atoms with Crippen LogP contribution in [0.2, 0.25) is 0 Å². The topological polar surface area (TPSA) is 38.3 Å². The van der Waals surface area contributed by atoms with Crippen molar-refractivity contribution < 1.29 is 9.53 Å². The maximum atomic E-state index is 11.8. The molecule has 0 atom stereocenters. The van der Waals surface area contributed by atoms with Gasteiger partial charge in [0.2, 0.25) is 0 Å². The summed E-state index contributed by atoms with van der Waals surface area (Å²) in [5.41, 5.74) is 0.706. The van der Waals surface area contributed by atoms with Crippen LogP contribution < -0.4 is 5.32 Å². The summed E-state index contributed by atoms with van der Waals surface area (Å²) >= 11 is 1.67. The Morgan fingerprint density at radius 3 is 2.56 bits per heavy atom. The number of hydrogen-bond acceptors (Lipinski definition) is 3. The first-order chi connectivity index (χ1) is 8.63. The molecule has 0 aromatic heterocycles. The molecule has 0 heterocycles. The SMILES string of the molecule is CSc1ccc(C(=O)NCCCOC(C)C)cc1. The molecule has 0 unspecified atom stereocenters. The van der Waals surface area contributed by atoms with Crippen molar-refractivity contribution in [1.82, 2.24) is 5.32 Å². The third kappa shape index (κ3) is 5.56. The van der Waals surface area contributed by atoms with Gasteiger partial charge in [0.1, 0.15) is 0 Å². The smallest absolute Gasteiger partial charge is 0.251 e. The van der Waals surface area contributed by atoms with Crippen LogP contribution in [0.4, 0.5) is 0 Å². The van der Waals surface area contributed by atoms with Crippen LogP contribution >= 0.6 is 11.8 Å². The molecule has 1 aromatic rings. The van der Waals surface area contributed by atoms with E-state index >= 15 is 0 Å². The Morgan fingerprint density at radius 1 is 1.33 bits per heavy atom. The largest absolute Gasteiger partial charge is 0.379 e. The van der Waals surface area contributed by atoms with Gasteiger partial charge in [-0.15, -0.1) is 11.8 Å². The second-order valence-corrected chi connectivity index (χ2v) is 5.14. The van der Waals surface area contributed by atoms with E-state index in [1.165, 1.54) is 0 Å². The van der Waals surface area contributed by atoms with Crippen LogP contribution in [0.15, 0.2) is 29.2 Å². The van der Waals surface area contributed by atoms with Gasteiger partial charge in [-0.05, 0) is 50.8 Å². The number of nitrogens with one attached hydrogen (secondary N) is 1. The summed E-state index contributed by atoms with van der Waals surface area (Å²) in [6.45, 7) is 5.34. The van der Waals surface area contributed by atoms with Gasteiger partial charge < -0.3 is 10.1 Å². The third-order valence-corrected chi connectivity index (χ3v) is 3.15. The van der Waals surface area contributed by atoms with E-state index in [2.05, 4.69) is 5.32 Å². The first-order valence-electron chi connectivity index (χ1n) is 6.17. The van der Waals surface area contributed by atoms with Crippen molar-refractivity contribution in [3.05, 3.63) is 29.8 Å².